The summed E-state index contributed by atoms with van der Waals surface area (Å²) >= 11 is 1.70. The largest absolute Gasteiger partial charge is 0.380 e. The number of hydrogen-bond donors (Lipinski definition) is 1. The normalized spacial score (nSPS) is 16.0. The third kappa shape index (κ3) is 2.04. The van der Waals surface area contributed by atoms with E-state index in [1.807, 2.05) is 13.0 Å². The maximum Gasteiger partial charge on any atom is 0.155 e. The Hall–Kier alpha value is -2.44. The summed E-state index contributed by atoms with van der Waals surface area (Å²) in [6, 6.07) is 10.4. The minimum absolute atomic E-state index is 0.129. The molecule has 4 heterocycles. The maximum atomic E-state index is 5.42. The highest BCUT2D eigenvalue weighted by Gasteiger charge is 2.29. The molecule has 4 aromatic rings. The fraction of sp³-hybridized carbons (Fsp3) is 0.263. The molecule has 1 aromatic carbocycles. The van der Waals surface area contributed by atoms with Crippen molar-refractivity contribution in [1.82, 2.24) is 14.5 Å². The number of nitrogens with zero attached hydrogens (tertiary/aromatic N) is 3. The molecule has 0 saturated carbocycles. The number of ether oxygens (including phenoxy) is 1. The summed E-state index contributed by atoms with van der Waals surface area (Å²) in [5, 5.41) is 4.84. The van der Waals surface area contributed by atoms with Crippen LogP contribution in [0.5, 0.6) is 0 Å². The molecule has 1 aliphatic rings. The van der Waals surface area contributed by atoms with Crippen LogP contribution in [-0.2, 0) is 11.3 Å². The number of nitrogens with one attached hydrogen (secondary N) is 1. The first-order chi connectivity index (χ1) is 12.2. The van der Waals surface area contributed by atoms with Crippen LogP contribution in [0.3, 0.4) is 0 Å². The molecule has 0 unspecified atom stereocenters. The smallest absolute Gasteiger partial charge is 0.155 e. The second-order valence-corrected chi connectivity index (χ2v) is 7.46. The van der Waals surface area contributed by atoms with Crippen LogP contribution in [0.25, 0.3) is 32.0 Å². The summed E-state index contributed by atoms with van der Waals surface area (Å²) in [6.07, 6.45) is 0.129. The van der Waals surface area contributed by atoms with Crippen LogP contribution in [0.15, 0.2) is 30.3 Å². The van der Waals surface area contributed by atoms with E-state index in [0.29, 0.717) is 6.61 Å². The fourth-order valence-corrected chi connectivity index (χ4v) is 4.96. The van der Waals surface area contributed by atoms with E-state index < -0.39 is 0 Å². The molecule has 0 fully saturated rings. The number of hydrogen-bond acceptors (Lipinski definition) is 5. The van der Waals surface area contributed by atoms with E-state index in [9.17, 15) is 0 Å². The van der Waals surface area contributed by atoms with Crippen LogP contribution in [0, 0.1) is 6.92 Å². The first-order valence-electron chi connectivity index (χ1n) is 8.33. The highest BCUT2D eigenvalue weighted by molar-refractivity contribution is 7.22. The summed E-state index contributed by atoms with van der Waals surface area (Å²) in [6.45, 7) is 4.78. The molecule has 1 N–H and O–H groups in total. The summed E-state index contributed by atoms with van der Waals surface area (Å²) in [7, 11) is 1.73. The Bertz CT molecular complexity index is 1130. The Kier molecular flexibility index (Phi) is 3.14. The van der Waals surface area contributed by atoms with Gasteiger partial charge in [0, 0.05) is 18.2 Å². The van der Waals surface area contributed by atoms with Gasteiger partial charge in [0.1, 0.15) is 11.0 Å². The number of fused-ring (bicyclic) bond motifs is 7. The fourth-order valence-electron chi connectivity index (χ4n) is 3.75. The van der Waals surface area contributed by atoms with E-state index in [-0.39, 0.29) is 6.17 Å². The molecule has 0 aliphatic carbocycles. The number of para-hydroxylation sites is 2. The summed E-state index contributed by atoms with van der Waals surface area (Å²) in [4.78, 5) is 11.9. The highest BCUT2D eigenvalue weighted by atomic mass is 32.1. The predicted octanol–water partition coefficient (Wildman–Crippen LogP) is 4.71. The van der Waals surface area contributed by atoms with Gasteiger partial charge < -0.3 is 14.6 Å². The monoisotopic (exact) mass is 350 g/mol. The first kappa shape index (κ1) is 14.9. The van der Waals surface area contributed by atoms with Gasteiger partial charge in [-0.25, -0.2) is 9.97 Å². The second-order valence-electron chi connectivity index (χ2n) is 6.46. The number of imidazole rings is 1. The van der Waals surface area contributed by atoms with Crippen molar-refractivity contribution >= 4 is 38.3 Å². The first-order valence-corrected chi connectivity index (χ1v) is 9.15. The van der Waals surface area contributed by atoms with Crippen molar-refractivity contribution < 1.29 is 4.74 Å². The number of aryl methyl sites for hydroxylation is 1. The molecule has 0 radical (unpaired) electrons. The molecule has 5 nitrogen and oxygen atoms in total. The maximum absolute atomic E-state index is 5.42. The van der Waals surface area contributed by atoms with Gasteiger partial charge in [0.25, 0.3) is 0 Å². The number of pyridine rings is 1. The molecule has 1 aliphatic heterocycles. The zero-order valence-corrected chi connectivity index (χ0v) is 15.1. The van der Waals surface area contributed by atoms with Gasteiger partial charge in [-0.05, 0) is 37.6 Å². The molecule has 3 aromatic heterocycles. The molecular weight excluding hydrogens is 332 g/mol. The average molecular weight is 350 g/mol. The van der Waals surface area contributed by atoms with Crippen molar-refractivity contribution in [3.8, 4) is 10.7 Å². The Balaban J connectivity index is 1.86. The Morgan fingerprint density at radius 3 is 2.96 bits per heavy atom. The van der Waals surface area contributed by atoms with Gasteiger partial charge in [0.2, 0.25) is 0 Å². The second kappa shape index (κ2) is 5.28. The quantitative estimate of drug-likeness (QED) is 0.569. The summed E-state index contributed by atoms with van der Waals surface area (Å²) in [5.74, 6) is 1.02. The molecule has 25 heavy (non-hydrogen) atoms. The van der Waals surface area contributed by atoms with Crippen LogP contribution in [0.4, 0.5) is 5.69 Å². The van der Waals surface area contributed by atoms with Crippen molar-refractivity contribution in [3.05, 3.63) is 41.6 Å². The number of benzene rings is 1. The van der Waals surface area contributed by atoms with Gasteiger partial charge in [-0.1, -0.05) is 12.1 Å². The van der Waals surface area contributed by atoms with Crippen LogP contribution >= 0.6 is 11.3 Å². The van der Waals surface area contributed by atoms with E-state index in [2.05, 4.69) is 41.1 Å². The van der Waals surface area contributed by atoms with Crippen LogP contribution in [-0.4, -0.2) is 21.6 Å². The molecule has 126 valence electrons. The van der Waals surface area contributed by atoms with Crippen LogP contribution in [0.2, 0.25) is 0 Å². The highest BCUT2D eigenvalue weighted by Crippen LogP contribution is 2.48. The minimum Gasteiger partial charge on any atom is -0.380 e. The third-order valence-electron chi connectivity index (χ3n) is 4.71. The van der Waals surface area contributed by atoms with E-state index in [4.69, 9.17) is 14.7 Å². The minimum atomic E-state index is 0.129. The van der Waals surface area contributed by atoms with E-state index in [1.54, 1.807) is 18.4 Å². The molecule has 5 rings (SSSR count). The molecule has 0 saturated heterocycles. The molecule has 6 heteroatoms. The SMILES string of the molecule is COCc1cc(C)nc2sc3c(c12)N[C@H](C)n1c-3nc2ccccc21. The average Bonchev–Trinajstić information content (AvgIpc) is 3.13. The lowest BCUT2D eigenvalue weighted by Crippen LogP contribution is -2.20. The van der Waals surface area contributed by atoms with E-state index >= 15 is 0 Å². The Labute approximate surface area is 149 Å². The van der Waals surface area contributed by atoms with Crippen molar-refractivity contribution in [2.24, 2.45) is 0 Å². The van der Waals surface area contributed by atoms with Crippen LogP contribution in [0.1, 0.15) is 24.3 Å². The van der Waals surface area contributed by atoms with Gasteiger partial charge in [0.15, 0.2) is 5.82 Å². The van der Waals surface area contributed by atoms with Crippen molar-refractivity contribution in [1.29, 1.82) is 0 Å². The summed E-state index contributed by atoms with van der Waals surface area (Å²) in [5.41, 5.74) is 5.50. The lowest BCUT2D eigenvalue weighted by Gasteiger charge is -2.25. The van der Waals surface area contributed by atoms with Gasteiger partial charge in [-0.3, -0.25) is 0 Å². The summed E-state index contributed by atoms with van der Waals surface area (Å²) < 4.78 is 7.70. The predicted molar refractivity (Wildman–Crippen MR) is 102 cm³/mol. The van der Waals surface area contributed by atoms with Gasteiger partial charge in [-0.15, -0.1) is 11.3 Å². The van der Waals surface area contributed by atoms with Crippen LogP contribution < -0.4 is 5.32 Å². The van der Waals surface area contributed by atoms with Gasteiger partial charge in [-0.2, -0.15) is 0 Å². The van der Waals surface area contributed by atoms with Gasteiger partial charge in [0.05, 0.1) is 28.2 Å². The number of rotatable bonds is 2. The van der Waals surface area contributed by atoms with Crippen molar-refractivity contribution in [3.63, 3.8) is 0 Å². The molecule has 0 amide bonds. The van der Waals surface area contributed by atoms with E-state index in [0.717, 1.165) is 43.3 Å². The number of anilines is 1. The zero-order valence-electron chi connectivity index (χ0n) is 14.3. The number of thiophene rings is 1. The number of methoxy groups -OCH3 is 1. The standard InChI is InChI=1S/C19H18N4OS/c1-10-8-12(9-24-3)15-16-17(25-19(15)20-10)18-22-13-6-4-5-7-14(13)23(18)11(2)21-16/h4-8,11,21H,9H2,1-3H3/t11-/m0/s1. The zero-order chi connectivity index (χ0) is 17.1. The molecule has 0 bridgehead atoms. The molecular formula is C19H18N4OS. The Morgan fingerprint density at radius 2 is 2.12 bits per heavy atom. The topological polar surface area (TPSA) is 52.0 Å². The lowest BCUT2D eigenvalue weighted by molar-refractivity contribution is 0.186. The van der Waals surface area contributed by atoms with Crippen molar-refractivity contribution in [2.45, 2.75) is 26.6 Å². The van der Waals surface area contributed by atoms with E-state index in [1.165, 1.54) is 5.56 Å². The van der Waals surface area contributed by atoms with Crippen molar-refractivity contribution in [2.75, 3.05) is 12.4 Å². The molecule has 0 spiro atoms. The third-order valence-corrected chi connectivity index (χ3v) is 5.79. The van der Waals surface area contributed by atoms with Gasteiger partial charge >= 0.3 is 0 Å². The molecule has 1 atom stereocenters. The Morgan fingerprint density at radius 1 is 1.28 bits per heavy atom. The lowest BCUT2D eigenvalue weighted by atomic mass is 10.1. The number of aromatic nitrogens is 3.